The molecule has 1 amide bonds. The number of rotatable bonds is 6. The molecule has 0 bridgehead atoms. The molecule has 0 spiro atoms. The molecule has 1 aliphatic heterocycles. The van der Waals surface area contributed by atoms with E-state index in [1.54, 1.807) is 24.5 Å². The van der Waals surface area contributed by atoms with Crippen LogP contribution in [0.4, 0.5) is 28.0 Å². The zero-order valence-electron chi connectivity index (χ0n) is 15.5. The summed E-state index contributed by atoms with van der Waals surface area (Å²) >= 11 is 0. The smallest absolute Gasteiger partial charge is 0.410 e. The van der Waals surface area contributed by atoms with Gasteiger partial charge >= 0.3 is 6.09 Å². The molecule has 156 valence electrons. The lowest BCUT2D eigenvalue weighted by Gasteiger charge is -2.37. The number of hydrogen-bond acceptors (Lipinski definition) is 4. The standard InChI is InChI=1S/C20H21F4N3O2/c21-18(22)15-3-1-14(2-4-15)12-29-19(28)27-10-7-16(20(23,24)13-27)11-26-17-5-8-25-9-6-17/h1-6,8-9,16,18H,7,10-13H2,(H,25,26)/t16-/m0/s1. The molecule has 29 heavy (non-hydrogen) atoms. The van der Waals surface area contributed by atoms with Crippen LogP contribution in [-0.2, 0) is 11.3 Å². The number of halogens is 4. The van der Waals surface area contributed by atoms with Crippen molar-refractivity contribution in [3.8, 4) is 0 Å². The van der Waals surface area contributed by atoms with E-state index in [2.05, 4.69) is 10.3 Å². The van der Waals surface area contributed by atoms with E-state index in [-0.39, 0.29) is 31.7 Å². The van der Waals surface area contributed by atoms with E-state index in [0.29, 0.717) is 11.3 Å². The first-order valence-corrected chi connectivity index (χ1v) is 9.15. The van der Waals surface area contributed by atoms with Gasteiger partial charge in [-0.05, 0) is 24.1 Å². The number of amides is 1. The van der Waals surface area contributed by atoms with Gasteiger partial charge in [0.25, 0.3) is 12.3 Å². The highest BCUT2D eigenvalue weighted by molar-refractivity contribution is 5.68. The van der Waals surface area contributed by atoms with Gasteiger partial charge in [0.05, 0.1) is 6.54 Å². The van der Waals surface area contributed by atoms with Crippen molar-refractivity contribution in [3.63, 3.8) is 0 Å². The van der Waals surface area contributed by atoms with Crippen LogP contribution >= 0.6 is 0 Å². The molecule has 2 aromatic rings. The highest BCUT2D eigenvalue weighted by Crippen LogP contribution is 2.33. The lowest BCUT2D eigenvalue weighted by atomic mass is 9.93. The topological polar surface area (TPSA) is 54.5 Å². The predicted molar refractivity (Wildman–Crippen MR) is 98.9 cm³/mol. The molecular weight excluding hydrogens is 390 g/mol. The minimum atomic E-state index is -3.06. The van der Waals surface area contributed by atoms with Crippen LogP contribution in [0.15, 0.2) is 48.8 Å². The van der Waals surface area contributed by atoms with Gasteiger partial charge in [-0.25, -0.2) is 22.4 Å². The Labute approximate surface area is 165 Å². The number of nitrogens with zero attached hydrogens (tertiary/aromatic N) is 2. The molecule has 1 atom stereocenters. The molecule has 2 heterocycles. The molecule has 0 radical (unpaired) electrons. The molecule has 0 aliphatic carbocycles. The van der Waals surface area contributed by atoms with Gasteiger partial charge in [-0.3, -0.25) is 4.98 Å². The van der Waals surface area contributed by atoms with Crippen LogP contribution < -0.4 is 5.32 Å². The van der Waals surface area contributed by atoms with Crippen LogP contribution in [-0.4, -0.2) is 41.5 Å². The van der Waals surface area contributed by atoms with Gasteiger partial charge in [-0.15, -0.1) is 0 Å². The number of nitrogens with one attached hydrogen (secondary N) is 1. The Balaban J connectivity index is 1.49. The first-order valence-electron chi connectivity index (χ1n) is 9.15. The van der Waals surface area contributed by atoms with Crippen molar-refractivity contribution in [1.29, 1.82) is 0 Å². The Bertz CT molecular complexity index is 803. The average Bonchev–Trinajstić information content (AvgIpc) is 2.71. The number of aromatic nitrogens is 1. The summed E-state index contributed by atoms with van der Waals surface area (Å²) in [6.45, 7) is -0.659. The first kappa shape index (κ1) is 20.9. The second-order valence-corrected chi connectivity index (χ2v) is 6.88. The van der Waals surface area contributed by atoms with Crippen molar-refractivity contribution < 1.29 is 27.1 Å². The number of anilines is 1. The van der Waals surface area contributed by atoms with Gasteiger partial charge < -0.3 is 15.0 Å². The third-order valence-electron chi connectivity index (χ3n) is 4.83. The number of alkyl halides is 4. The third-order valence-corrected chi connectivity index (χ3v) is 4.83. The lowest BCUT2D eigenvalue weighted by Crippen LogP contribution is -2.52. The minimum Gasteiger partial charge on any atom is -0.445 e. The third kappa shape index (κ3) is 5.58. The van der Waals surface area contributed by atoms with E-state index in [0.717, 1.165) is 4.90 Å². The first-order chi connectivity index (χ1) is 13.8. The summed E-state index contributed by atoms with van der Waals surface area (Å²) in [6.07, 6.45) is -0.157. The number of benzene rings is 1. The number of likely N-dealkylation sites (tertiary alicyclic amines) is 1. The van der Waals surface area contributed by atoms with E-state index in [1.807, 2.05) is 0 Å². The Morgan fingerprint density at radius 3 is 2.52 bits per heavy atom. The van der Waals surface area contributed by atoms with E-state index in [9.17, 15) is 22.4 Å². The molecule has 5 nitrogen and oxygen atoms in total. The van der Waals surface area contributed by atoms with Crippen LogP contribution in [0.2, 0.25) is 0 Å². The number of carbonyl (C=O) groups excluding carboxylic acids is 1. The highest BCUT2D eigenvalue weighted by atomic mass is 19.3. The summed E-state index contributed by atoms with van der Waals surface area (Å²) < 4.78 is 59.1. The van der Waals surface area contributed by atoms with Gasteiger partial charge in [0.1, 0.15) is 6.61 Å². The van der Waals surface area contributed by atoms with Crippen molar-refractivity contribution in [2.24, 2.45) is 5.92 Å². The van der Waals surface area contributed by atoms with E-state index < -0.39 is 30.9 Å². The second-order valence-electron chi connectivity index (χ2n) is 6.88. The van der Waals surface area contributed by atoms with Crippen molar-refractivity contribution in [1.82, 2.24) is 9.88 Å². The van der Waals surface area contributed by atoms with Crippen LogP contribution in [0.1, 0.15) is 24.0 Å². The van der Waals surface area contributed by atoms with E-state index in [4.69, 9.17) is 4.74 Å². The molecule has 3 rings (SSSR count). The van der Waals surface area contributed by atoms with Crippen molar-refractivity contribution in [3.05, 3.63) is 59.9 Å². The van der Waals surface area contributed by atoms with Gasteiger partial charge in [0.2, 0.25) is 0 Å². The molecule has 1 fully saturated rings. The van der Waals surface area contributed by atoms with Crippen molar-refractivity contribution >= 4 is 11.8 Å². The van der Waals surface area contributed by atoms with Gasteiger partial charge in [0, 0.05) is 42.7 Å². The molecule has 1 aromatic heterocycles. The van der Waals surface area contributed by atoms with Gasteiger partial charge in [0.15, 0.2) is 0 Å². The fourth-order valence-electron chi connectivity index (χ4n) is 3.10. The molecule has 1 saturated heterocycles. The zero-order valence-corrected chi connectivity index (χ0v) is 15.5. The van der Waals surface area contributed by atoms with Gasteiger partial charge in [-0.2, -0.15) is 0 Å². The molecule has 0 saturated carbocycles. The maximum absolute atomic E-state index is 14.5. The summed E-state index contributed by atoms with van der Waals surface area (Å²) in [6, 6.07) is 8.70. The number of pyridine rings is 1. The van der Waals surface area contributed by atoms with Crippen LogP contribution in [0.25, 0.3) is 0 Å². The Morgan fingerprint density at radius 2 is 1.90 bits per heavy atom. The summed E-state index contributed by atoms with van der Waals surface area (Å²) in [7, 11) is 0. The summed E-state index contributed by atoms with van der Waals surface area (Å²) in [5, 5.41) is 2.97. The number of hydrogen-bond donors (Lipinski definition) is 1. The molecule has 9 heteroatoms. The van der Waals surface area contributed by atoms with Crippen molar-refractivity contribution in [2.75, 3.05) is 25.0 Å². The monoisotopic (exact) mass is 411 g/mol. The number of carbonyl (C=O) groups is 1. The second kappa shape index (κ2) is 9.11. The van der Waals surface area contributed by atoms with Crippen LogP contribution in [0.3, 0.4) is 0 Å². The molecular formula is C20H21F4N3O2. The van der Waals surface area contributed by atoms with Crippen LogP contribution in [0.5, 0.6) is 0 Å². The summed E-state index contributed by atoms with van der Waals surface area (Å²) in [5.41, 5.74) is 1.07. The largest absolute Gasteiger partial charge is 0.445 e. The molecule has 1 aliphatic rings. The SMILES string of the molecule is O=C(OCc1ccc(C(F)F)cc1)N1CC[C@@H](CNc2ccncc2)C(F)(F)C1. The number of piperidine rings is 1. The molecule has 1 N–H and O–H groups in total. The molecule has 0 unspecified atom stereocenters. The summed E-state index contributed by atoms with van der Waals surface area (Å²) in [5.74, 6) is -3.97. The fourth-order valence-corrected chi connectivity index (χ4v) is 3.10. The number of ether oxygens (including phenoxy) is 1. The van der Waals surface area contributed by atoms with E-state index >= 15 is 0 Å². The summed E-state index contributed by atoms with van der Waals surface area (Å²) in [4.78, 5) is 17.0. The van der Waals surface area contributed by atoms with Gasteiger partial charge in [-0.1, -0.05) is 24.3 Å². The quantitative estimate of drug-likeness (QED) is 0.699. The Morgan fingerprint density at radius 1 is 1.21 bits per heavy atom. The Hall–Kier alpha value is -2.84. The minimum absolute atomic E-state index is 0.0797. The Kier molecular flexibility index (Phi) is 6.56. The molecule has 1 aromatic carbocycles. The zero-order chi connectivity index (χ0) is 20.9. The van der Waals surface area contributed by atoms with Crippen molar-refractivity contribution in [2.45, 2.75) is 25.4 Å². The maximum atomic E-state index is 14.5. The van der Waals surface area contributed by atoms with E-state index in [1.165, 1.54) is 24.3 Å². The predicted octanol–water partition coefficient (Wildman–Crippen LogP) is 4.73. The normalized spacial score (nSPS) is 18.5. The fraction of sp³-hybridized carbons (Fsp3) is 0.400. The maximum Gasteiger partial charge on any atom is 0.410 e. The average molecular weight is 411 g/mol. The van der Waals surface area contributed by atoms with Crippen LogP contribution in [0, 0.1) is 5.92 Å². The lowest BCUT2D eigenvalue weighted by molar-refractivity contribution is -0.101. The highest BCUT2D eigenvalue weighted by Gasteiger charge is 2.46.